The monoisotopic (exact) mass is 360 g/mol. The number of amides is 1. The molecule has 0 spiro atoms. The third kappa shape index (κ3) is 5.13. The van der Waals surface area contributed by atoms with Gasteiger partial charge in [-0.3, -0.25) is 0 Å². The lowest BCUT2D eigenvalue weighted by molar-refractivity contribution is 0.0159. The Bertz CT molecular complexity index is 702. The van der Waals surface area contributed by atoms with Gasteiger partial charge in [0.05, 0.1) is 6.61 Å². The fourth-order valence-corrected chi connectivity index (χ4v) is 3.24. The van der Waals surface area contributed by atoms with Crippen LogP contribution in [0.1, 0.15) is 46.5 Å². The SMILES string of the molecule is CC(C)(C)OC(=O)N1CCC[C@@H](CCCOc2nc3ccccc3o2)C1. The third-order valence-corrected chi connectivity index (χ3v) is 4.43. The summed E-state index contributed by atoms with van der Waals surface area (Å²) < 4.78 is 16.7. The van der Waals surface area contributed by atoms with Gasteiger partial charge in [-0.25, -0.2) is 4.79 Å². The number of carbonyl (C=O) groups is 1. The van der Waals surface area contributed by atoms with Gasteiger partial charge in [0, 0.05) is 13.1 Å². The number of nitrogens with zero attached hydrogens (tertiary/aromatic N) is 2. The molecule has 1 atom stereocenters. The van der Waals surface area contributed by atoms with E-state index in [4.69, 9.17) is 13.9 Å². The first kappa shape index (κ1) is 18.5. The van der Waals surface area contributed by atoms with Gasteiger partial charge in [0.1, 0.15) is 11.1 Å². The molecular formula is C20H28N2O4. The maximum Gasteiger partial charge on any atom is 0.410 e. The van der Waals surface area contributed by atoms with Crippen molar-refractivity contribution in [1.29, 1.82) is 0 Å². The number of carbonyl (C=O) groups excluding carboxylic acids is 1. The van der Waals surface area contributed by atoms with E-state index in [1.54, 1.807) is 0 Å². The fourth-order valence-electron chi connectivity index (χ4n) is 3.24. The van der Waals surface area contributed by atoms with E-state index in [0.29, 0.717) is 18.6 Å². The van der Waals surface area contributed by atoms with Crippen LogP contribution in [0.4, 0.5) is 4.79 Å². The summed E-state index contributed by atoms with van der Waals surface area (Å²) in [6.07, 6.45) is 4.21. The number of aromatic nitrogens is 1. The summed E-state index contributed by atoms with van der Waals surface area (Å²) in [6.45, 7) is 7.81. The summed E-state index contributed by atoms with van der Waals surface area (Å²) in [7, 11) is 0. The molecule has 0 radical (unpaired) electrons. The van der Waals surface area contributed by atoms with Crippen molar-refractivity contribution in [2.45, 2.75) is 52.1 Å². The van der Waals surface area contributed by atoms with E-state index in [9.17, 15) is 4.79 Å². The standard InChI is InChI=1S/C20H28N2O4/c1-20(2,3)26-19(23)22-12-6-8-15(14-22)9-7-13-24-18-21-16-10-4-5-11-17(16)25-18/h4-5,10-11,15H,6-9,12-14H2,1-3H3/t15-/m0/s1. The summed E-state index contributed by atoms with van der Waals surface area (Å²) >= 11 is 0. The number of likely N-dealkylation sites (tertiary alicyclic amines) is 1. The lowest BCUT2D eigenvalue weighted by Crippen LogP contribution is -2.42. The first-order valence-electron chi connectivity index (χ1n) is 9.37. The van der Waals surface area contributed by atoms with Crippen molar-refractivity contribution in [3.05, 3.63) is 24.3 Å². The van der Waals surface area contributed by atoms with Crippen LogP contribution in [0.5, 0.6) is 6.08 Å². The second kappa shape index (κ2) is 7.98. The summed E-state index contributed by atoms with van der Waals surface area (Å²) in [5.41, 5.74) is 1.10. The molecule has 0 unspecified atom stereocenters. The smallest absolute Gasteiger partial charge is 0.410 e. The number of rotatable bonds is 5. The zero-order chi connectivity index (χ0) is 18.6. The molecule has 1 amide bonds. The van der Waals surface area contributed by atoms with Gasteiger partial charge < -0.3 is 18.8 Å². The van der Waals surface area contributed by atoms with Crippen molar-refractivity contribution in [3.63, 3.8) is 0 Å². The van der Waals surface area contributed by atoms with Crippen LogP contribution in [0, 0.1) is 5.92 Å². The fraction of sp³-hybridized carbons (Fsp3) is 0.600. The van der Waals surface area contributed by atoms with E-state index < -0.39 is 5.60 Å². The Balaban J connectivity index is 1.41. The van der Waals surface area contributed by atoms with E-state index in [-0.39, 0.29) is 6.09 Å². The van der Waals surface area contributed by atoms with Crippen LogP contribution >= 0.6 is 0 Å². The van der Waals surface area contributed by atoms with Crippen LogP contribution in [-0.2, 0) is 4.74 Å². The van der Waals surface area contributed by atoms with E-state index in [1.807, 2.05) is 49.9 Å². The molecule has 1 fully saturated rings. The topological polar surface area (TPSA) is 64.8 Å². The molecule has 0 aliphatic carbocycles. The molecule has 1 aromatic heterocycles. The molecule has 142 valence electrons. The Hall–Kier alpha value is -2.24. The van der Waals surface area contributed by atoms with Crippen molar-refractivity contribution in [1.82, 2.24) is 9.88 Å². The number of ether oxygens (including phenoxy) is 2. The molecule has 2 heterocycles. The molecular weight excluding hydrogens is 332 g/mol. The highest BCUT2D eigenvalue weighted by molar-refractivity contribution is 5.72. The van der Waals surface area contributed by atoms with Gasteiger partial charge in [0.15, 0.2) is 5.58 Å². The zero-order valence-corrected chi connectivity index (χ0v) is 15.9. The second-order valence-electron chi connectivity index (χ2n) is 7.87. The molecule has 26 heavy (non-hydrogen) atoms. The molecule has 6 heteroatoms. The third-order valence-electron chi connectivity index (χ3n) is 4.43. The average Bonchev–Trinajstić information content (AvgIpc) is 3.00. The highest BCUT2D eigenvalue weighted by Gasteiger charge is 2.27. The minimum atomic E-state index is -0.447. The normalized spacial score (nSPS) is 18.1. The molecule has 6 nitrogen and oxygen atoms in total. The molecule has 0 bridgehead atoms. The van der Waals surface area contributed by atoms with Gasteiger partial charge in [-0.2, -0.15) is 4.98 Å². The van der Waals surface area contributed by atoms with E-state index in [0.717, 1.165) is 49.9 Å². The number of oxazole rings is 1. The van der Waals surface area contributed by atoms with Crippen molar-refractivity contribution in [2.75, 3.05) is 19.7 Å². The van der Waals surface area contributed by atoms with E-state index in [1.165, 1.54) is 0 Å². The van der Waals surface area contributed by atoms with Crippen LogP contribution < -0.4 is 4.74 Å². The zero-order valence-electron chi connectivity index (χ0n) is 15.9. The number of benzene rings is 1. The molecule has 0 N–H and O–H groups in total. The van der Waals surface area contributed by atoms with Gasteiger partial charge in [-0.1, -0.05) is 12.1 Å². The van der Waals surface area contributed by atoms with Crippen molar-refractivity contribution in [3.8, 4) is 6.08 Å². The summed E-state index contributed by atoms with van der Waals surface area (Å²) in [4.78, 5) is 18.4. The number of para-hydroxylation sites is 2. The predicted octanol–water partition coefficient (Wildman–Crippen LogP) is 4.63. The summed E-state index contributed by atoms with van der Waals surface area (Å²) in [5, 5.41) is 0. The molecule has 1 aliphatic heterocycles. The van der Waals surface area contributed by atoms with Crippen LogP contribution in [0.25, 0.3) is 11.1 Å². The number of piperidine rings is 1. The first-order chi connectivity index (χ1) is 12.4. The maximum atomic E-state index is 12.2. The molecule has 1 aromatic carbocycles. The lowest BCUT2D eigenvalue weighted by atomic mass is 9.94. The average molecular weight is 360 g/mol. The predicted molar refractivity (Wildman–Crippen MR) is 99.3 cm³/mol. The van der Waals surface area contributed by atoms with Gasteiger partial charge >= 0.3 is 12.2 Å². The van der Waals surface area contributed by atoms with E-state index >= 15 is 0 Å². The molecule has 0 saturated carbocycles. The Morgan fingerprint density at radius 3 is 2.92 bits per heavy atom. The highest BCUT2D eigenvalue weighted by atomic mass is 16.6. The number of hydrogen-bond acceptors (Lipinski definition) is 5. The molecule has 3 rings (SSSR count). The summed E-state index contributed by atoms with van der Waals surface area (Å²) in [6, 6.07) is 7.62. The van der Waals surface area contributed by atoms with Crippen LogP contribution in [0.2, 0.25) is 0 Å². The van der Waals surface area contributed by atoms with Crippen LogP contribution in [-0.4, -0.2) is 41.3 Å². The Labute approximate surface area is 154 Å². The quantitative estimate of drug-likeness (QED) is 0.727. The Kier molecular flexibility index (Phi) is 5.69. The van der Waals surface area contributed by atoms with Crippen LogP contribution in [0.3, 0.4) is 0 Å². The van der Waals surface area contributed by atoms with Crippen molar-refractivity contribution < 1.29 is 18.7 Å². The Morgan fingerprint density at radius 2 is 2.15 bits per heavy atom. The largest absolute Gasteiger partial charge is 0.450 e. The number of fused-ring (bicyclic) bond motifs is 1. The minimum absolute atomic E-state index is 0.204. The summed E-state index contributed by atoms with van der Waals surface area (Å²) in [5.74, 6) is 0.489. The van der Waals surface area contributed by atoms with Gasteiger partial charge in [-0.15, -0.1) is 0 Å². The lowest BCUT2D eigenvalue weighted by Gasteiger charge is -2.34. The Morgan fingerprint density at radius 1 is 1.35 bits per heavy atom. The van der Waals surface area contributed by atoms with Gasteiger partial charge in [-0.05, 0) is 64.5 Å². The maximum absolute atomic E-state index is 12.2. The molecule has 1 saturated heterocycles. The van der Waals surface area contributed by atoms with Crippen LogP contribution in [0.15, 0.2) is 28.7 Å². The molecule has 2 aromatic rings. The van der Waals surface area contributed by atoms with Crippen molar-refractivity contribution >= 4 is 17.2 Å². The number of hydrogen-bond donors (Lipinski definition) is 0. The second-order valence-corrected chi connectivity index (χ2v) is 7.87. The van der Waals surface area contributed by atoms with Gasteiger partial charge in [0.25, 0.3) is 0 Å². The van der Waals surface area contributed by atoms with Crippen molar-refractivity contribution in [2.24, 2.45) is 5.92 Å². The van der Waals surface area contributed by atoms with E-state index in [2.05, 4.69) is 4.98 Å². The molecule has 1 aliphatic rings. The minimum Gasteiger partial charge on any atom is -0.450 e. The highest BCUT2D eigenvalue weighted by Crippen LogP contribution is 2.24. The van der Waals surface area contributed by atoms with Gasteiger partial charge in [0.2, 0.25) is 0 Å². The first-order valence-corrected chi connectivity index (χ1v) is 9.37.